The first-order valence-corrected chi connectivity index (χ1v) is 13.9. The van der Waals surface area contributed by atoms with Gasteiger partial charge in [0, 0.05) is 16.9 Å². The zero-order valence-corrected chi connectivity index (χ0v) is 23.2. The third kappa shape index (κ3) is 6.97. The van der Waals surface area contributed by atoms with Crippen LogP contribution in [0.2, 0.25) is 0 Å². The van der Waals surface area contributed by atoms with E-state index in [2.05, 4.69) is 19.9 Å². The predicted octanol–water partition coefficient (Wildman–Crippen LogP) is 7.42. The van der Waals surface area contributed by atoms with Crippen molar-refractivity contribution < 1.29 is 40.7 Å². The van der Waals surface area contributed by atoms with Gasteiger partial charge in [0.25, 0.3) is 5.89 Å². The first-order chi connectivity index (χ1) is 18.5. The average Bonchev–Trinajstić information content (AvgIpc) is 3.45. The van der Waals surface area contributed by atoms with E-state index in [9.17, 15) is 36.2 Å². The molecular weight excluding hydrogens is 582 g/mol. The first-order valence-electron chi connectivity index (χ1n) is 12.3. The van der Waals surface area contributed by atoms with Crippen molar-refractivity contribution in [2.24, 2.45) is 11.3 Å². The molecule has 15 heteroatoms. The molecule has 0 bridgehead atoms. The second-order valence-electron chi connectivity index (χ2n) is 10.4. The summed E-state index contributed by atoms with van der Waals surface area (Å²) in [6.07, 6.45) is -6.09. The number of benzene rings is 1. The highest BCUT2D eigenvalue weighted by Gasteiger charge is 2.38. The lowest BCUT2D eigenvalue weighted by atomic mass is 9.81. The van der Waals surface area contributed by atoms with Crippen LogP contribution >= 0.6 is 23.3 Å². The van der Waals surface area contributed by atoms with Gasteiger partial charge < -0.3 is 9.52 Å². The van der Waals surface area contributed by atoms with Crippen LogP contribution in [-0.2, 0) is 23.8 Å². The fourth-order valence-electron chi connectivity index (χ4n) is 3.87. The summed E-state index contributed by atoms with van der Waals surface area (Å²) in [6, 6.07) is 1.46. The molecule has 0 unspecified atom stereocenters. The molecule has 2 N–H and O–H groups in total. The molecule has 1 fully saturated rings. The highest BCUT2D eigenvalue weighted by Crippen LogP contribution is 2.45. The number of rotatable bonds is 10. The van der Waals surface area contributed by atoms with Gasteiger partial charge in [-0.25, -0.2) is 9.71 Å². The number of hydrogen-bond acceptors (Lipinski definition) is 8. The molecule has 0 spiro atoms. The van der Waals surface area contributed by atoms with E-state index in [1.807, 2.05) is 0 Å². The normalized spacial score (nSPS) is 15.7. The summed E-state index contributed by atoms with van der Waals surface area (Å²) in [5.74, 6) is -0.775. The van der Waals surface area contributed by atoms with Crippen LogP contribution in [0.15, 0.2) is 27.5 Å². The van der Waals surface area contributed by atoms with Crippen LogP contribution in [0.5, 0.6) is 0 Å². The van der Waals surface area contributed by atoms with Gasteiger partial charge in [-0.05, 0) is 57.2 Å². The maximum atomic E-state index is 14.2. The number of carboxylic acid groups (broad SMARTS) is 1. The molecule has 1 atom stereocenters. The number of hydrogen-bond donors (Lipinski definition) is 2. The minimum absolute atomic E-state index is 0.0277. The predicted molar refractivity (Wildman–Crippen MR) is 137 cm³/mol. The lowest BCUT2D eigenvalue weighted by Gasteiger charge is -2.25. The van der Waals surface area contributed by atoms with Gasteiger partial charge in [-0.15, -0.1) is 21.5 Å². The Bertz CT molecular complexity index is 1370. The zero-order chi connectivity index (χ0) is 29.5. The van der Waals surface area contributed by atoms with Gasteiger partial charge in [0.1, 0.15) is 6.04 Å². The van der Waals surface area contributed by atoms with Crippen LogP contribution in [0, 0.1) is 11.3 Å². The highest BCUT2D eigenvalue weighted by atomic mass is 32.2. The number of nitrogens with zero attached hydrogens (tertiary/aromatic N) is 3. The standard InChI is InChI=1S/C25H26F6N4O3S2/c1-12(24(26,27)28)35-40-14-7-8-15(16(10-14)25(29,30)31)19-17(9-13-5-4-6-13)32-21(39-19)20-34-33-18(38-20)11-23(2,3)22(36)37/h7-8,10,12-13,35H,4-6,9,11H2,1-3H3,(H,36,37)/t12-/m0/s1. The number of nitrogens with one attached hydrogen (secondary N) is 1. The van der Waals surface area contributed by atoms with Gasteiger partial charge >= 0.3 is 18.3 Å². The number of thiazole rings is 1. The van der Waals surface area contributed by atoms with E-state index in [0.717, 1.165) is 43.6 Å². The second-order valence-corrected chi connectivity index (χ2v) is 12.3. The maximum Gasteiger partial charge on any atom is 0.417 e. The van der Waals surface area contributed by atoms with Crippen LogP contribution in [0.3, 0.4) is 0 Å². The molecular formula is C25H26F6N4O3S2. The van der Waals surface area contributed by atoms with Crippen molar-refractivity contribution >= 4 is 29.3 Å². The van der Waals surface area contributed by atoms with Crippen molar-refractivity contribution in [2.75, 3.05) is 0 Å². The summed E-state index contributed by atoms with van der Waals surface area (Å²) >= 11 is 1.41. The van der Waals surface area contributed by atoms with E-state index in [1.165, 1.54) is 26.0 Å². The van der Waals surface area contributed by atoms with E-state index in [0.29, 0.717) is 24.1 Å². The van der Waals surface area contributed by atoms with Gasteiger partial charge in [0.15, 0.2) is 5.01 Å². The third-order valence-electron chi connectivity index (χ3n) is 6.61. The zero-order valence-electron chi connectivity index (χ0n) is 21.6. The minimum atomic E-state index is -4.79. The lowest BCUT2D eigenvalue weighted by molar-refractivity contribution is -0.147. The van der Waals surface area contributed by atoms with Gasteiger partial charge in [0.2, 0.25) is 5.89 Å². The van der Waals surface area contributed by atoms with E-state index >= 15 is 0 Å². The molecule has 2 heterocycles. The molecule has 2 aromatic heterocycles. The number of aliphatic carboxylic acids is 1. The van der Waals surface area contributed by atoms with E-state index in [4.69, 9.17) is 4.42 Å². The summed E-state index contributed by atoms with van der Waals surface area (Å²) in [5, 5.41) is 17.4. The molecule has 40 heavy (non-hydrogen) atoms. The van der Waals surface area contributed by atoms with Gasteiger partial charge in [-0.1, -0.05) is 25.3 Å². The molecule has 7 nitrogen and oxygen atoms in total. The molecule has 0 radical (unpaired) electrons. The van der Waals surface area contributed by atoms with E-state index in [-0.39, 0.29) is 44.5 Å². The summed E-state index contributed by atoms with van der Waals surface area (Å²) < 4.78 is 88.9. The topological polar surface area (TPSA) is 101 Å². The highest BCUT2D eigenvalue weighted by molar-refractivity contribution is 7.97. The lowest BCUT2D eigenvalue weighted by Crippen LogP contribution is -2.35. The Balaban J connectivity index is 1.70. The smallest absolute Gasteiger partial charge is 0.417 e. The average molecular weight is 609 g/mol. The quantitative estimate of drug-likeness (QED) is 0.181. The Hall–Kier alpha value is -2.65. The first kappa shape index (κ1) is 30.3. The molecule has 1 aromatic carbocycles. The molecule has 1 saturated carbocycles. The van der Waals surface area contributed by atoms with Crippen LogP contribution < -0.4 is 4.72 Å². The van der Waals surface area contributed by atoms with Crippen LogP contribution in [0.1, 0.15) is 57.2 Å². The fourth-order valence-corrected chi connectivity index (χ4v) is 5.68. The molecule has 3 aromatic rings. The largest absolute Gasteiger partial charge is 0.481 e. The van der Waals surface area contributed by atoms with Crippen LogP contribution in [0.25, 0.3) is 21.3 Å². The summed E-state index contributed by atoms with van der Waals surface area (Å²) in [4.78, 5) is 16.2. The third-order valence-corrected chi connectivity index (χ3v) is 8.69. The molecule has 218 valence electrons. The monoisotopic (exact) mass is 608 g/mol. The van der Waals surface area contributed by atoms with E-state index < -0.39 is 35.3 Å². The van der Waals surface area contributed by atoms with Crippen molar-refractivity contribution in [2.45, 2.75) is 76.2 Å². The van der Waals surface area contributed by atoms with Gasteiger partial charge in [-0.3, -0.25) is 4.79 Å². The van der Waals surface area contributed by atoms with Crippen LogP contribution in [-0.4, -0.2) is 38.5 Å². The molecule has 1 aliphatic carbocycles. The summed E-state index contributed by atoms with van der Waals surface area (Å²) in [6.45, 7) is 3.87. The number of halogens is 6. The van der Waals surface area contributed by atoms with Crippen molar-refractivity contribution in [3.05, 3.63) is 35.3 Å². The Morgan fingerprint density at radius 3 is 2.48 bits per heavy atom. The summed E-state index contributed by atoms with van der Waals surface area (Å²) in [5.41, 5.74) is -1.89. The summed E-state index contributed by atoms with van der Waals surface area (Å²) in [7, 11) is 0. The van der Waals surface area contributed by atoms with Gasteiger partial charge in [-0.2, -0.15) is 26.3 Å². The Kier molecular flexibility index (Phi) is 8.58. The SMILES string of the molecule is C[C@H](NSc1ccc(-c2sc(-c3nnc(CC(C)(C)C(=O)O)o3)nc2CC2CCC2)c(C(F)(F)F)c1)C(F)(F)F. The van der Waals surface area contributed by atoms with Gasteiger partial charge in [0.05, 0.1) is 21.5 Å². The minimum Gasteiger partial charge on any atom is -0.481 e. The second kappa shape index (κ2) is 11.3. The van der Waals surface area contributed by atoms with Crippen molar-refractivity contribution in [3.8, 4) is 21.3 Å². The molecule has 0 aliphatic heterocycles. The molecule has 0 amide bonds. The molecule has 0 saturated heterocycles. The molecule has 1 aliphatic rings. The van der Waals surface area contributed by atoms with Crippen LogP contribution in [0.4, 0.5) is 26.3 Å². The number of carboxylic acids is 1. The van der Waals surface area contributed by atoms with Crippen molar-refractivity contribution in [3.63, 3.8) is 0 Å². The fraction of sp³-hybridized carbons (Fsp3) is 0.520. The Morgan fingerprint density at radius 1 is 1.20 bits per heavy atom. The van der Waals surface area contributed by atoms with Crippen molar-refractivity contribution in [1.82, 2.24) is 19.9 Å². The molecule has 4 rings (SSSR count). The number of aromatic nitrogens is 3. The maximum absolute atomic E-state index is 14.2. The van der Waals surface area contributed by atoms with E-state index in [1.54, 1.807) is 0 Å². The number of alkyl halides is 6. The number of carbonyl (C=O) groups is 1. The Labute approximate surface area is 233 Å². The Morgan fingerprint density at radius 2 is 1.90 bits per heavy atom. The van der Waals surface area contributed by atoms with Crippen molar-refractivity contribution in [1.29, 1.82) is 0 Å².